The third-order valence-electron chi connectivity index (χ3n) is 7.81. The van der Waals surface area contributed by atoms with Crippen LogP contribution in [0.2, 0.25) is 0 Å². The number of oxazole rings is 2. The third kappa shape index (κ3) is 6.40. The van der Waals surface area contributed by atoms with E-state index >= 15 is 0 Å². The van der Waals surface area contributed by atoms with E-state index in [4.69, 9.17) is 8.83 Å². The predicted octanol–water partition coefficient (Wildman–Crippen LogP) is 12.7. The van der Waals surface area contributed by atoms with Crippen molar-refractivity contribution in [2.45, 2.75) is 44.7 Å². The molecule has 0 saturated heterocycles. The van der Waals surface area contributed by atoms with Crippen molar-refractivity contribution in [3.05, 3.63) is 94.2 Å². The monoisotopic (exact) mass is 756 g/mol. The molecule has 2 aromatic heterocycles. The van der Waals surface area contributed by atoms with Crippen LogP contribution in [0.1, 0.15) is 39.6 Å². The van der Waals surface area contributed by atoms with Crippen molar-refractivity contribution in [3.63, 3.8) is 0 Å². The Morgan fingerprint density at radius 1 is 0.442 bits per heavy atom. The second-order valence-electron chi connectivity index (χ2n) is 11.4. The van der Waals surface area contributed by atoms with Crippen LogP contribution in [0.25, 0.3) is 55.6 Å². The van der Waals surface area contributed by atoms with Crippen molar-refractivity contribution >= 4 is 22.2 Å². The van der Waals surface area contributed by atoms with E-state index in [9.17, 15) is 65.9 Å². The molecule has 4 aromatic carbocycles. The first-order chi connectivity index (χ1) is 23.8. The van der Waals surface area contributed by atoms with Crippen LogP contribution in [0.15, 0.2) is 63.4 Å². The molecule has 4 nitrogen and oxygen atoms in total. The second-order valence-corrected chi connectivity index (χ2v) is 11.4. The van der Waals surface area contributed by atoms with E-state index in [0.29, 0.717) is 6.07 Å². The lowest BCUT2D eigenvalue weighted by molar-refractivity contribution is -0.144. The second kappa shape index (κ2) is 11.6. The number of fused-ring (bicyclic) bond motifs is 2. The fourth-order valence-electron chi connectivity index (χ4n) is 5.83. The molecule has 6 rings (SSSR count). The van der Waals surface area contributed by atoms with E-state index in [2.05, 4.69) is 9.97 Å². The van der Waals surface area contributed by atoms with Crippen LogP contribution in [-0.4, -0.2) is 9.97 Å². The summed E-state index contributed by atoms with van der Waals surface area (Å²) < 4.78 is 224. The van der Waals surface area contributed by atoms with Gasteiger partial charge in [0.25, 0.3) is 0 Å². The Kier molecular flexibility index (Phi) is 8.18. The average Bonchev–Trinajstić information content (AvgIpc) is 3.57. The molecule has 0 amide bonds. The van der Waals surface area contributed by atoms with Crippen LogP contribution in [0.5, 0.6) is 0 Å². The van der Waals surface area contributed by atoms with Gasteiger partial charge in [-0.1, -0.05) is 18.2 Å². The van der Waals surface area contributed by atoms with Crippen LogP contribution in [-0.2, 0) is 30.9 Å². The number of halogens is 15. The van der Waals surface area contributed by atoms with Crippen LogP contribution in [0, 0.1) is 13.8 Å². The standard InChI is InChI=1S/C33H15F15N2O2/c1-12-49-25-23(18-5-3-4-6-20(18)32(43,44)45)27-26(50-13(2)51-27)24(28(25)52-12)19-10-17(31(40,41)42)11-21(33(46,47)48)22(19)14-7-15(29(34,35)36)9-16(8-14)30(37,38)39/h3-11H,1-2H3. The van der Waals surface area contributed by atoms with Gasteiger partial charge in [0, 0.05) is 19.4 Å². The van der Waals surface area contributed by atoms with E-state index in [0.717, 1.165) is 26.0 Å². The molecule has 6 aromatic rings. The number of benzene rings is 4. The van der Waals surface area contributed by atoms with Gasteiger partial charge in [-0.15, -0.1) is 0 Å². The largest absolute Gasteiger partial charge is 0.440 e. The molecule has 52 heavy (non-hydrogen) atoms. The van der Waals surface area contributed by atoms with E-state index in [1.165, 1.54) is 6.07 Å². The van der Waals surface area contributed by atoms with Crippen molar-refractivity contribution in [1.29, 1.82) is 0 Å². The minimum Gasteiger partial charge on any atom is -0.440 e. The zero-order chi connectivity index (χ0) is 38.5. The molecular weight excluding hydrogens is 741 g/mol. The molecule has 2 heterocycles. The van der Waals surface area contributed by atoms with Crippen LogP contribution in [0.4, 0.5) is 65.9 Å². The maximum absolute atomic E-state index is 14.8. The normalized spacial score (nSPS) is 13.5. The van der Waals surface area contributed by atoms with Crippen molar-refractivity contribution < 1.29 is 74.7 Å². The molecule has 0 spiro atoms. The van der Waals surface area contributed by atoms with Crippen molar-refractivity contribution in [2.24, 2.45) is 0 Å². The van der Waals surface area contributed by atoms with E-state index in [1.54, 1.807) is 0 Å². The lowest BCUT2D eigenvalue weighted by atomic mass is 9.85. The molecule has 0 saturated carbocycles. The van der Waals surface area contributed by atoms with Gasteiger partial charge in [0.1, 0.15) is 11.0 Å². The first-order valence-corrected chi connectivity index (χ1v) is 14.3. The van der Waals surface area contributed by atoms with Crippen LogP contribution < -0.4 is 0 Å². The minimum absolute atomic E-state index is 0.0253. The van der Waals surface area contributed by atoms with Crippen molar-refractivity contribution in [2.75, 3.05) is 0 Å². The Labute approximate surface area is 279 Å². The number of alkyl halides is 15. The summed E-state index contributed by atoms with van der Waals surface area (Å²) in [6, 6.07) is 2.71. The number of hydrogen-bond donors (Lipinski definition) is 0. The minimum atomic E-state index is -5.86. The highest BCUT2D eigenvalue weighted by Gasteiger charge is 2.44. The molecule has 0 aliphatic rings. The fourth-order valence-corrected chi connectivity index (χ4v) is 5.83. The summed E-state index contributed by atoms with van der Waals surface area (Å²) in [6.07, 6.45) is -27.7. The number of aryl methyl sites for hydroxylation is 2. The van der Waals surface area contributed by atoms with E-state index in [1.807, 2.05) is 0 Å². The summed E-state index contributed by atoms with van der Waals surface area (Å²) in [5.74, 6) is -0.816. The summed E-state index contributed by atoms with van der Waals surface area (Å²) >= 11 is 0. The molecule has 0 bridgehead atoms. The molecule has 0 aliphatic carbocycles. The Balaban J connectivity index is 1.89. The highest BCUT2D eigenvalue weighted by molar-refractivity contribution is 6.17. The zero-order valence-corrected chi connectivity index (χ0v) is 25.6. The Hall–Kier alpha value is -5.23. The number of hydrogen-bond acceptors (Lipinski definition) is 4. The topological polar surface area (TPSA) is 52.1 Å². The summed E-state index contributed by atoms with van der Waals surface area (Å²) in [5, 5.41) is 0. The number of nitrogens with zero attached hydrogens (tertiary/aromatic N) is 2. The maximum atomic E-state index is 14.8. The first-order valence-electron chi connectivity index (χ1n) is 14.3. The summed E-state index contributed by atoms with van der Waals surface area (Å²) in [7, 11) is 0. The summed E-state index contributed by atoms with van der Waals surface area (Å²) in [4.78, 5) is 8.03. The Bertz CT molecular complexity index is 2280. The van der Waals surface area contributed by atoms with Gasteiger partial charge in [-0.25, -0.2) is 9.97 Å². The van der Waals surface area contributed by atoms with Gasteiger partial charge in [0.15, 0.2) is 22.9 Å². The molecule has 0 radical (unpaired) electrons. The third-order valence-corrected chi connectivity index (χ3v) is 7.81. The SMILES string of the molecule is Cc1nc2c(-c3cc(C(F)(F)F)cc(C(F)(F)F)c3-c3cc(C(F)(F)F)cc(C(F)(F)F)c3)c3oc(C)nc3c(-c3ccccc3C(F)(F)F)c2o1. The van der Waals surface area contributed by atoms with E-state index < -0.39 is 138 Å². The van der Waals surface area contributed by atoms with Crippen molar-refractivity contribution in [3.8, 4) is 33.4 Å². The molecular formula is C33H15F15N2O2. The smallest absolute Gasteiger partial charge is 0.417 e. The Morgan fingerprint density at radius 3 is 1.31 bits per heavy atom. The molecule has 0 fully saturated rings. The lowest BCUT2D eigenvalue weighted by Crippen LogP contribution is -2.15. The lowest BCUT2D eigenvalue weighted by Gasteiger charge is -2.23. The van der Waals surface area contributed by atoms with Gasteiger partial charge in [-0.05, 0) is 53.1 Å². The summed E-state index contributed by atoms with van der Waals surface area (Å²) in [6.45, 7) is 2.22. The number of rotatable bonds is 3. The van der Waals surface area contributed by atoms with Crippen LogP contribution >= 0.6 is 0 Å². The Morgan fingerprint density at radius 2 is 0.865 bits per heavy atom. The van der Waals surface area contributed by atoms with Gasteiger partial charge < -0.3 is 8.83 Å². The fraction of sp³-hybridized carbons (Fsp3) is 0.212. The highest BCUT2D eigenvalue weighted by atomic mass is 19.4. The molecule has 274 valence electrons. The van der Waals surface area contributed by atoms with Gasteiger partial charge in [0.05, 0.1) is 38.9 Å². The van der Waals surface area contributed by atoms with Gasteiger partial charge in [0.2, 0.25) is 0 Å². The molecule has 0 atom stereocenters. The van der Waals surface area contributed by atoms with Crippen molar-refractivity contribution in [1.82, 2.24) is 9.97 Å². The maximum Gasteiger partial charge on any atom is 0.417 e. The van der Waals surface area contributed by atoms with Crippen LogP contribution in [0.3, 0.4) is 0 Å². The van der Waals surface area contributed by atoms with Gasteiger partial charge in [-0.3, -0.25) is 0 Å². The molecule has 0 unspecified atom stereocenters. The van der Waals surface area contributed by atoms with E-state index in [-0.39, 0.29) is 18.2 Å². The first kappa shape index (κ1) is 36.6. The van der Waals surface area contributed by atoms with Gasteiger partial charge in [-0.2, -0.15) is 65.9 Å². The molecule has 0 aliphatic heterocycles. The quantitative estimate of drug-likeness (QED) is 0.169. The molecule has 0 N–H and O–H groups in total. The highest BCUT2D eigenvalue weighted by Crippen LogP contribution is 2.53. The molecule has 19 heteroatoms. The predicted molar refractivity (Wildman–Crippen MR) is 152 cm³/mol. The average molecular weight is 756 g/mol. The zero-order valence-electron chi connectivity index (χ0n) is 25.6. The summed E-state index contributed by atoms with van der Waals surface area (Å²) in [5.41, 5.74) is -19.1. The number of aromatic nitrogens is 2. The van der Waals surface area contributed by atoms with Gasteiger partial charge >= 0.3 is 30.9 Å².